The first-order valence-corrected chi connectivity index (χ1v) is 6.24. The van der Waals surface area contributed by atoms with E-state index in [4.69, 9.17) is 21.3 Å². The van der Waals surface area contributed by atoms with Gasteiger partial charge in [-0.2, -0.15) is 5.26 Å². The molecule has 0 aliphatic rings. The van der Waals surface area contributed by atoms with Crippen LogP contribution < -0.4 is 0 Å². The number of nitrogens with zero attached hydrogens (tertiary/aromatic N) is 2. The highest BCUT2D eigenvalue weighted by Gasteiger charge is 2.21. The average Bonchev–Trinajstić information content (AvgIpc) is 2.74. The van der Waals surface area contributed by atoms with E-state index in [1.165, 1.54) is 4.90 Å². The summed E-state index contributed by atoms with van der Waals surface area (Å²) in [5.41, 5.74) is 1.30. The quantitative estimate of drug-likeness (QED) is 0.863. The van der Waals surface area contributed by atoms with E-state index in [0.717, 1.165) is 10.9 Å². The molecule has 0 saturated carbocycles. The first-order chi connectivity index (χ1) is 9.06. The zero-order valence-corrected chi connectivity index (χ0v) is 11.5. The number of halogens is 1. The number of nitriles is 1. The van der Waals surface area contributed by atoms with Crippen LogP contribution >= 0.6 is 11.6 Å². The number of amides is 1. The second-order valence-corrected chi connectivity index (χ2v) is 4.71. The van der Waals surface area contributed by atoms with Crippen molar-refractivity contribution in [2.45, 2.75) is 13.3 Å². The summed E-state index contributed by atoms with van der Waals surface area (Å²) in [7, 11) is 1.65. The van der Waals surface area contributed by atoms with E-state index in [-0.39, 0.29) is 11.7 Å². The lowest BCUT2D eigenvalue weighted by atomic mass is 10.1. The molecule has 1 aromatic carbocycles. The predicted molar refractivity (Wildman–Crippen MR) is 73.2 cm³/mol. The van der Waals surface area contributed by atoms with Crippen LogP contribution in [-0.2, 0) is 0 Å². The molecule has 2 rings (SSSR count). The Morgan fingerprint density at radius 2 is 2.26 bits per heavy atom. The topological polar surface area (TPSA) is 57.2 Å². The molecule has 0 spiro atoms. The molecule has 4 nitrogen and oxygen atoms in total. The number of para-hydroxylation sites is 1. The van der Waals surface area contributed by atoms with Crippen LogP contribution in [0.4, 0.5) is 0 Å². The molecule has 0 aliphatic carbocycles. The maximum absolute atomic E-state index is 12.2. The summed E-state index contributed by atoms with van der Waals surface area (Å²) >= 11 is 6.05. The van der Waals surface area contributed by atoms with Crippen molar-refractivity contribution in [3.05, 3.63) is 34.5 Å². The molecule has 1 heterocycles. The second-order valence-electron chi connectivity index (χ2n) is 4.31. The normalized spacial score (nSPS) is 10.4. The first-order valence-electron chi connectivity index (χ1n) is 5.86. The highest BCUT2D eigenvalue weighted by atomic mass is 35.5. The van der Waals surface area contributed by atoms with Gasteiger partial charge in [-0.05, 0) is 13.0 Å². The standard InChI is InChI=1S/C14H13ClN2O2/c1-9-10-5-3-6-11(15)13(10)19-12(9)14(18)17(2)8-4-7-16/h3,5-6H,4,8H2,1-2H3. The van der Waals surface area contributed by atoms with Crippen LogP contribution in [0.2, 0.25) is 5.02 Å². The van der Waals surface area contributed by atoms with Crippen LogP contribution in [0.15, 0.2) is 22.6 Å². The van der Waals surface area contributed by atoms with E-state index in [1.807, 2.05) is 25.1 Å². The van der Waals surface area contributed by atoms with Crippen molar-refractivity contribution in [1.29, 1.82) is 5.26 Å². The molecule has 5 heteroatoms. The van der Waals surface area contributed by atoms with Crippen LogP contribution in [0.5, 0.6) is 0 Å². The van der Waals surface area contributed by atoms with E-state index in [9.17, 15) is 4.79 Å². The van der Waals surface area contributed by atoms with Gasteiger partial charge in [0, 0.05) is 24.5 Å². The summed E-state index contributed by atoms with van der Waals surface area (Å²) in [5.74, 6) is 0.0450. The van der Waals surface area contributed by atoms with Crippen molar-refractivity contribution in [2.24, 2.45) is 0 Å². The monoisotopic (exact) mass is 276 g/mol. The number of furan rings is 1. The first kappa shape index (κ1) is 13.4. The Labute approximate surface area is 116 Å². The molecule has 2 aromatic rings. The largest absolute Gasteiger partial charge is 0.449 e. The number of hydrogen-bond donors (Lipinski definition) is 0. The van der Waals surface area contributed by atoms with Gasteiger partial charge in [-0.15, -0.1) is 0 Å². The van der Waals surface area contributed by atoms with Gasteiger partial charge in [0.25, 0.3) is 5.91 Å². The smallest absolute Gasteiger partial charge is 0.289 e. The van der Waals surface area contributed by atoms with Crippen molar-refractivity contribution >= 4 is 28.5 Å². The molecule has 98 valence electrons. The molecule has 0 atom stereocenters. The van der Waals surface area contributed by atoms with Gasteiger partial charge in [-0.25, -0.2) is 0 Å². The second kappa shape index (κ2) is 5.33. The van der Waals surface area contributed by atoms with E-state index in [1.54, 1.807) is 13.1 Å². The molecule has 0 unspecified atom stereocenters. The summed E-state index contributed by atoms with van der Waals surface area (Å²) in [5, 5.41) is 9.87. The average molecular weight is 277 g/mol. The predicted octanol–water partition coefficient (Wildman–Crippen LogP) is 3.38. The number of rotatable bonds is 3. The summed E-state index contributed by atoms with van der Waals surface area (Å²) in [4.78, 5) is 13.7. The fourth-order valence-corrected chi connectivity index (χ4v) is 2.12. The lowest BCUT2D eigenvalue weighted by Crippen LogP contribution is -2.27. The van der Waals surface area contributed by atoms with Crippen LogP contribution in [-0.4, -0.2) is 24.4 Å². The van der Waals surface area contributed by atoms with Gasteiger partial charge in [0.1, 0.15) is 0 Å². The molecule has 1 aromatic heterocycles. The molecule has 0 radical (unpaired) electrons. The Bertz CT molecular complexity index is 670. The van der Waals surface area contributed by atoms with Gasteiger partial charge in [0.15, 0.2) is 11.3 Å². The molecule has 0 aliphatic heterocycles. The minimum atomic E-state index is -0.236. The Balaban J connectivity index is 2.41. The van der Waals surface area contributed by atoms with Gasteiger partial charge in [0.05, 0.1) is 17.5 Å². The van der Waals surface area contributed by atoms with Gasteiger partial charge in [0.2, 0.25) is 0 Å². The SMILES string of the molecule is Cc1c(C(=O)N(C)CCC#N)oc2c(Cl)cccc12. The third-order valence-corrected chi connectivity index (χ3v) is 3.31. The minimum Gasteiger partial charge on any atom is -0.449 e. The number of benzene rings is 1. The summed E-state index contributed by atoms with van der Waals surface area (Å²) in [6.07, 6.45) is 0.294. The third kappa shape index (κ3) is 2.42. The lowest BCUT2D eigenvalue weighted by molar-refractivity contribution is 0.0768. The minimum absolute atomic E-state index is 0.236. The third-order valence-electron chi connectivity index (χ3n) is 3.02. The molecule has 19 heavy (non-hydrogen) atoms. The number of aryl methyl sites for hydroxylation is 1. The van der Waals surface area contributed by atoms with Crippen molar-refractivity contribution in [2.75, 3.05) is 13.6 Å². The fourth-order valence-electron chi connectivity index (χ4n) is 1.91. The van der Waals surface area contributed by atoms with E-state index in [2.05, 4.69) is 0 Å². The van der Waals surface area contributed by atoms with Gasteiger partial charge >= 0.3 is 0 Å². The molecule has 1 amide bonds. The van der Waals surface area contributed by atoms with Gasteiger partial charge < -0.3 is 9.32 Å². The summed E-state index contributed by atoms with van der Waals surface area (Å²) < 4.78 is 5.59. The van der Waals surface area contributed by atoms with Crippen LogP contribution in [0.25, 0.3) is 11.0 Å². The molecule has 0 saturated heterocycles. The van der Waals surface area contributed by atoms with Crippen molar-refractivity contribution < 1.29 is 9.21 Å². The van der Waals surface area contributed by atoms with Crippen molar-refractivity contribution in [3.63, 3.8) is 0 Å². The highest BCUT2D eigenvalue weighted by Crippen LogP contribution is 2.31. The van der Waals surface area contributed by atoms with E-state index < -0.39 is 0 Å². The van der Waals surface area contributed by atoms with E-state index >= 15 is 0 Å². The maximum Gasteiger partial charge on any atom is 0.289 e. The molecule has 0 fully saturated rings. The molecule has 0 N–H and O–H groups in total. The van der Waals surface area contributed by atoms with Crippen LogP contribution in [0.1, 0.15) is 22.5 Å². The van der Waals surface area contributed by atoms with E-state index in [0.29, 0.717) is 23.6 Å². The highest BCUT2D eigenvalue weighted by molar-refractivity contribution is 6.35. The number of hydrogen-bond acceptors (Lipinski definition) is 3. The number of fused-ring (bicyclic) bond motifs is 1. The Morgan fingerprint density at radius 1 is 1.53 bits per heavy atom. The Morgan fingerprint density at radius 3 is 2.89 bits per heavy atom. The fraction of sp³-hybridized carbons (Fsp3) is 0.286. The van der Waals surface area contributed by atoms with Crippen LogP contribution in [0.3, 0.4) is 0 Å². The molecule has 0 bridgehead atoms. The number of carbonyl (C=O) groups excluding carboxylic acids is 1. The number of carbonyl (C=O) groups is 1. The van der Waals surface area contributed by atoms with Crippen molar-refractivity contribution in [3.8, 4) is 6.07 Å². The lowest BCUT2D eigenvalue weighted by Gasteiger charge is -2.13. The van der Waals surface area contributed by atoms with Crippen LogP contribution in [0, 0.1) is 18.3 Å². The zero-order valence-electron chi connectivity index (χ0n) is 10.7. The van der Waals surface area contributed by atoms with Gasteiger partial charge in [-0.1, -0.05) is 23.7 Å². The molecular formula is C14H13ClN2O2. The zero-order chi connectivity index (χ0) is 14.0. The van der Waals surface area contributed by atoms with Crippen molar-refractivity contribution in [1.82, 2.24) is 4.90 Å². The summed E-state index contributed by atoms with van der Waals surface area (Å²) in [6, 6.07) is 7.42. The Hall–Kier alpha value is -1.99. The molecular weight excluding hydrogens is 264 g/mol. The summed E-state index contributed by atoms with van der Waals surface area (Å²) in [6.45, 7) is 2.20. The Kier molecular flexibility index (Phi) is 3.77. The maximum atomic E-state index is 12.2. The van der Waals surface area contributed by atoms with Gasteiger partial charge in [-0.3, -0.25) is 4.79 Å².